The summed E-state index contributed by atoms with van der Waals surface area (Å²) < 4.78 is 25.0. The molecule has 0 saturated carbocycles. The average Bonchev–Trinajstić information content (AvgIpc) is 2.12. The Morgan fingerprint density at radius 1 is 1.33 bits per heavy atom. The molecule has 0 nitrogen and oxygen atoms in total. The molecule has 0 N–H and O–H groups in total. The van der Waals surface area contributed by atoms with Crippen molar-refractivity contribution in [1.82, 2.24) is 0 Å². The molecule has 1 aromatic rings. The zero-order valence-corrected chi connectivity index (χ0v) is 11.4. The molecule has 0 heterocycles. The van der Waals surface area contributed by atoms with Crippen LogP contribution in [-0.4, -0.2) is 0 Å². The first kappa shape index (κ1) is 12.3. The van der Waals surface area contributed by atoms with E-state index in [0.717, 1.165) is 12.1 Å². The summed E-state index contributed by atoms with van der Waals surface area (Å²) in [6.45, 7) is 3.15. The first-order chi connectivity index (χ1) is 5.63. The second-order valence-corrected chi connectivity index (χ2v) is 2.23. The molecule has 0 radical (unpaired) electrons. The van der Waals surface area contributed by atoms with Crippen molar-refractivity contribution in [1.29, 1.82) is 0 Å². The van der Waals surface area contributed by atoms with E-state index < -0.39 is 11.6 Å². The van der Waals surface area contributed by atoms with Crippen LogP contribution in [0.25, 0.3) is 0 Å². The number of halogens is 4. The molecule has 0 atom stereocenters. The van der Waals surface area contributed by atoms with E-state index in [0.29, 0.717) is 0 Å². The van der Waals surface area contributed by atoms with Crippen LogP contribution in [-0.2, 0) is 16.3 Å². The van der Waals surface area contributed by atoms with Gasteiger partial charge in [-0.15, -0.1) is 5.56 Å². The van der Waals surface area contributed by atoms with E-state index in [1.807, 2.05) is 0 Å². The summed E-state index contributed by atoms with van der Waals surface area (Å²) in [7, 11) is 0. The van der Waals surface area contributed by atoms with Gasteiger partial charge in [-0.25, -0.2) is 0 Å². The van der Waals surface area contributed by atoms with Gasteiger partial charge < -0.3 is 0 Å². The van der Waals surface area contributed by atoms with Gasteiger partial charge in [0, 0.05) is 16.7 Å². The van der Waals surface area contributed by atoms with Crippen LogP contribution in [0.4, 0.5) is 8.78 Å². The zero-order chi connectivity index (χ0) is 9.72. The van der Waals surface area contributed by atoms with Gasteiger partial charge in [0.1, 0.15) is 0 Å². The van der Waals surface area contributed by atoms with Gasteiger partial charge in [-0.3, -0.25) is 8.78 Å². The van der Waals surface area contributed by atoms with Gasteiger partial charge in [0.25, 0.3) is 0 Å². The van der Waals surface area contributed by atoms with Crippen molar-refractivity contribution in [2.24, 2.45) is 0 Å². The quantitative estimate of drug-likeness (QED) is 0.390. The molecule has 0 aliphatic carbocycles. The molecular weight excluding hydrogens is 303 g/mol. The molecule has 0 aliphatic heterocycles. The fourth-order valence-corrected chi connectivity index (χ4v) is 0.746. The molecule has 5 heteroatoms. The van der Waals surface area contributed by atoms with Gasteiger partial charge in [-0.2, -0.15) is 6.92 Å². The van der Waals surface area contributed by atoms with Gasteiger partial charge >= 0.3 is 30.0 Å². The molecule has 1 aromatic carbocycles. The number of rotatable bonds is 0. The van der Waals surface area contributed by atoms with Gasteiger partial charge in [-0.1, -0.05) is 23.7 Å². The standard InChI is InChI=1S/C7H4ClF2.BrH.Zn/c1-4-6(9)3-2-5(8)7(4)10;;/h2-3H,1H2;1H;/q-1;;+2/p-1. The van der Waals surface area contributed by atoms with E-state index in [4.69, 9.17) is 11.6 Å². The molecule has 0 aromatic heterocycles. The average molecular weight is 307 g/mol. The van der Waals surface area contributed by atoms with Crippen molar-refractivity contribution in [2.75, 3.05) is 0 Å². The first-order valence-corrected chi connectivity index (χ1v) is 10.2. The third-order valence-electron chi connectivity index (χ3n) is 1.14. The summed E-state index contributed by atoms with van der Waals surface area (Å²) in [4.78, 5) is 0. The summed E-state index contributed by atoms with van der Waals surface area (Å²) in [5.41, 5.74) is -0.285. The number of hydrogen-bond acceptors (Lipinski definition) is 0. The van der Waals surface area contributed by atoms with Crippen LogP contribution in [0, 0.1) is 18.6 Å². The molecule has 0 amide bonds. The Morgan fingerprint density at radius 2 is 1.83 bits per heavy atom. The monoisotopic (exact) mass is 304 g/mol. The summed E-state index contributed by atoms with van der Waals surface area (Å²) in [5.74, 6) is -1.47. The van der Waals surface area contributed by atoms with Crippen molar-refractivity contribution < 1.29 is 25.1 Å². The zero-order valence-electron chi connectivity index (χ0n) is 6.08. The van der Waals surface area contributed by atoms with Crippen LogP contribution >= 0.6 is 25.2 Å². The molecule has 0 fully saturated rings. The third-order valence-corrected chi connectivity index (χ3v) is 1.43. The van der Waals surface area contributed by atoms with Crippen molar-refractivity contribution in [3.8, 4) is 0 Å². The van der Waals surface area contributed by atoms with E-state index in [9.17, 15) is 8.78 Å². The molecule has 0 spiro atoms. The second kappa shape index (κ2) is 5.90. The Kier molecular flexibility index (Phi) is 6.07. The van der Waals surface area contributed by atoms with Crippen LogP contribution in [0.1, 0.15) is 5.56 Å². The summed E-state index contributed by atoms with van der Waals surface area (Å²) >= 11 is 9.55. The minimum absolute atomic E-state index is 0.105. The van der Waals surface area contributed by atoms with Gasteiger partial charge in [0.15, 0.2) is 0 Å². The molecule has 62 valence electrons. The molecule has 12 heavy (non-hydrogen) atoms. The predicted molar refractivity (Wildman–Crippen MR) is 44.8 cm³/mol. The van der Waals surface area contributed by atoms with Gasteiger partial charge in [0.2, 0.25) is 0 Å². The van der Waals surface area contributed by atoms with E-state index in [1.54, 1.807) is 0 Å². The van der Waals surface area contributed by atoms with E-state index >= 15 is 0 Å². The Hall–Kier alpha value is 0.343. The van der Waals surface area contributed by atoms with Crippen LogP contribution in [0.15, 0.2) is 12.1 Å². The Balaban J connectivity index is 0.000000561. The fourth-order valence-electron chi connectivity index (χ4n) is 0.569. The molecule has 1 rings (SSSR count). The van der Waals surface area contributed by atoms with Crippen LogP contribution in [0.3, 0.4) is 0 Å². The second-order valence-electron chi connectivity index (χ2n) is 1.82. The van der Waals surface area contributed by atoms with Crippen molar-refractivity contribution in [3.63, 3.8) is 0 Å². The Morgan fingerprint density at radius 3 is 2.25 bits per heavy atom. The summed E-state index contributed by atoms with van der Waals surface area (Å²) in [5, 5.41) is -0.105. The summed E-state index contributed by atoms with van der Waals surface area (Å²) in [6.07, 6.45) is 0. The van der Waals surface area contributed by atoms with Crippen LogP contribution in [0.2, 0.25) is 5.02 Å². The van der Waals surface area contributed by atoms with Gasteiger partial charge in [-0.05, 0) is 0 Å². The predicted octanol–water partition coefficient (Wildman–Crippen LogP) is 3.64. The van der Waals surface area contributed by atoms with Crippen LogP contribution < -0.4 is 0 Å². The third kappa shape index (κ3) is 3.00. The molecule has 0 aliphatic rings. The minimum atomic E-state index is -0.790. The SMILES string of the molecule is [CH2-]c1c(F)ccc(Cl)c1F.[Zn+][Br]. The molecular formula is C7H4BrClF2Zn. The van der Waals surface area contributed by atoms with Crippen molar-refractivity contribution >= 4 is 25.2 Å². The van der Waals surface area contributed by atoms with E-state index in [2.05, 4.69) is 20.5 Å². The van der Waals surface area contributed by atoms with Crippen molar-refractivity contribution in [3.05, 3.63) is 41.3 Å². The maximum absolute atomic E-state index is 12.6. The first-order valence-electron chi connectivity index (χ1n) is 2.85. The summed E-state index contributed by atoms with van der Waals surface area (Å²) in [6, 6.07) is 2.23. The van der Waals surface area contributed by atoms with Crippen LogP contribution in [0.5, 0.6) is 0 Å². The number of benzene rings is 1. The van der Waals surface area contributed by atoms with E-state index in [1.165, 1.54) is 16.3 Å². The fraction of sp³-hybridized carbons (Fsp3) is 0. The Labute approximate surface area is 91.3 Å². The maximum atomic E-state index is 12.6. The molecule has 0 saturated heterocycles. The Bertz CT molecular complexity index is 241. The molecule has 0 bridgehead atoms. The normalized spacial score (nSPS) is 8.83. The number of hydrogen-bond donors (Lipinski definition) is 0. The van der Waals surface area contributed by atoms with Crippen molar-refractivity contribution in [2.45, 2.75) is 0 Å². The molecule has 0 unspecified atom stereocenters. The topological polar surface area (TPSA) is 0 Å². The van der Waals surface area contributed by atoms with E-state index in [-0.39, 0.29) is 10.6 Å². The van der Waals surface area contributed by atoms with Gasteiger partial charge in [0.05, 0.1) is 0 Å².